The molecule has 2 N–H and O–H groups in total. The molecule has 19 heavy (non-hydrogen) atoms. The van der Waals surface area contributed by atoms with Crippen molar-refractivity contribution in [2.75, 3.05) is 5.32 Å². The molecular formula is C14H12N4O. The maximum absolute atomic E-state index is 10.1. The summed E-state index contributed by atoms with van der Waals surface area (Å²) in [6, 6.07) is 9.61. The van der Waals surface area contributed by atoms with Gasteiger partial charge in [-0.05, 0) is 11.1 Å². The van der Waals surface area contributed by atoms with Gasteiger partial charge in [0, 0.05) is 18.8 Å². The van der Waals surface area contributed by atoms with E-state index in [0.717, 1.165) is 11.1 Å². The molecule has 1 heterocycles. The summed E-state index contributed by atoms with van der Waals surface area (Å²) in [5.74, 6) is 0.408. The van der Waals surface area contributed by atoms with E-state index in [1.807, 2.05) is 30.3 Å². The molecule has 94 valence electrons. The third-order valence-corrected chi connectivity index (χ3v) is 3.30. The molecule has 0 unspecified atom stereocenters. The van der Waals surface area contributed by atoms with E-state index >= 15 is 0 Å². The van der Waals surface area contributed by atoms with Crippen LogP contribution in [-0.2, 0) is 6.42 Å². The number of hydrogen-bond donors (Lipinski definition) is 2. The van der Waals surface area contributed by atoms with Gasteiger partial charge in [-0.25, -0.2) is 9.97 Å². The van der Waals surface area contributed by atoms with Gasteiger partial charge >= 0.3 is 0 Å². The fourth-order valence-electron chi connectivity index (χ4n) is 2.42. The second kappa shape index (κ2) is 4.67. The normalized spacial score (nSPS) is 20.6. The van der Waals surface area contributed by atoms with Crippen LogP contribution in [0.1, 0.15) is 22.9 Å². The number of aliphatic hydroxyl groups is 1. The zero-order valence-electron chi connectivity index (χ0n) is 10.1. The van der Waals surface area contributed by atoms with Gasteiger partial charge in [0.05, 0.1) is 12.1 Å². The minimum Gasteiger partial charge on any atom is -0.390 e. The maximum Gasteiger partial charge on any atom is 0.182 e. The van der Waals surface area contributed by atoms with Gasteiger partial charge in [0.15, 0.2) is 11.5 Å². The molecule has 0 saturated carbocycles. The van der Waals surface area contributed by atoms with Crippen molar-refractivity contribution in [2.45, 2.75) is 18.6 Å². The van der Waals surface area contributed by atoms with Crippen LogP contribution in [-0.4, -0.2) is 21.2 Å². The van der Waals surface area contributed by atoms with E-state index in [1.165, 1.54) is 12.4 Å². The lowest BCUT2D eigenvalue weighted by molar-refractivity contribution is 0.165. The van der Waals surface area contributed by atoms with E-state index in [1.54, 1.807) is 0 Å². The first-order chi connectivity index (χ1) is 9.29. The monoisotopic (exact) mass is 252 g/mol. The summed E-state index contributed by atoms with van der Waals surface area (Å²) < 4.78 is 0. The summed E-state index contributed by atoms with van der Waals surface area (Å²) in [5, 5.41) is 22.3. The lowest BCUT2D eigenvalue weighted by Gasteiger charge is -2.18. The van der Waals surface area contributed by atoms with E-state index < -0.39 is 6.10 Å². The van der Waals surface area contributed by atoms with Crippen molar-refractivity contribution in [3.63, 3.8) is 0 Å². The van der Waals surface area contributed by atoms with Crippen LogP contribution in [0.2, 0.25) is 0 Å². The van der Waals surface area contributed by atoms with Gasteiger partial charge in [-0.1, -0.05) is 24.3 Å². The molecule has 2 aromatic rings. The van der Waals surface area contributed by atoms with Crippen LogP contribution in [0.15, 0.2) is 36.7 Å². The predicted octanol–water partition coefficient (Wildman–Crippen LogP) is 1.42. The van der Waals surface area contributed by atoms with E-state index in [-0.39, 0.29) is 11.7 Å². The second-order valence-corrected chi connectivity index (χ2v) is 4.46. The highest BCUT2D eigenvalue weighted by Gasteiger charge is 2.31. The summed E-state index contributed by atoms with van der Waals surface area (Å²) in [7, 11) is 0. The topological polar surface area (TPSA) is 81.8 Å². The van der Waals surface area contributed by atoms with Crippen molar-refractivity contribution in [1.29, 1.82) is 5.26 Å². The quantitative estimate of drug-likeness (QED) is 0.844. The molecule has 1 aliphatic carbocycles. The van der Waals surface area contributed by atoms with E-state index in [0.29, 0.717) is 12.2 Å². The largest absolute Gasteiger partial charge is 0.390 e. The van der Waals surface area contributed by atoms with E-state index in [4.69, 9.17) is 5.26 Å². The van der Waals surface area contributed by atoms with Crippen LogP contribution < -0.4 is 5.32 Å². The van der Waals surface area contributed by atoms with Gasteiger partial charge in [-0.2, -0.15) is 5.26 Å². The Balaban J connectivity index is 1.94. The molecule has 5 heteroatoms. The molecule has 2 atom stereocenters. The number of nitrogens with one attached hydrogen (secondary N) is 1. The molecule has 0 saturated heterocycles. The molecule has 0 radical (unpaired) electrons. The van der Waals surface area contributed by atoms with E-state index in [2.05, 4.69) is 15.3 Å². The third kappa shape index (κ3) is 2.02. The Labute approximate surface area is 110 Å². The molecule has 0 bridgehead atoms. The number of anilines is 1. The number of nitriles is 1. The summed E-state index contributed by atoms with van der Waals surface area (Å²) in [5.41, 5.74) is 2.40. The number of fused-ring (bicyclic) bond motifs is 1. The van der Waals surface area contributed by atoms with Gasteiger partial charge in [-0.3, -0.25) is 0 Å². The Morgan fingerprint density at radius 1 is 1.26 bits per heavy atom. The predicted molar refractivity (Wildman–Crippen MR) is 69.3 cm³/mol. The van der Waals surface area contributed by atoms with Crippen molar-refractivity contribution >= 4 is 5.82 Å². The molecule has 1 aromatic carbocycles. The molecule has 1 aromatic heterocycles. The molecule has 0 fully saturated rings. The number of benzene rings is 1. The SMILES string of the molecule is N#Cc1nccnc1N[C@H]1c2ccccc2C[C@H]1O. The fraction of sp³-hybridized carbons (Fsp3) is 0.214. The first-order valence-electron chi connectivity index (χ1n) is 6.03. The minimum atomic E-state index is -0.522. The summed E-state index contributed by atoms with van der Waals surface area (Å²) in [6.07, 6.45) is 3.08. The Hall–Kier alpha value is -2.45. The highest BCUT2D eigenvalue weighted by atomic mass is 16.3. The summed E-state index contributed by atoms with van der Waals surface area (Å²) >= 11 is 0. The second-order valence-electron chi connectivity index (χ2n) is 4.46. The van der Waals surface area contributed by atoms with Crippen LogP contribution in [0.5, 0.6) is 0 Å². The average molecular weight is 252 g/mol. The Bertz CT molecular complexity index is 650. The third-order valence-electron chi connectivity index (χ3n) is 3.30. The molecule has 0 spiro atoms. The standard InChI is InChI=1S/C14H12N4O/c15-8-11-14(17-6-5-16-11)18-13-10-4-2-1-3-9(10)7-12(13)19/h1-6,12-13,19H,7H2,(H,17,18)/t12-,13+/m1/s1. The van der Waals surface area contributed by atoms with Crippen LogP contribution in [0.4, 0.5) is 5.82 Å². The molecule has 1 aliphatic rings. The van der Waals surface area contributed by atoms with Gasteiger partial charge in [-0.15, -0.1) is 0 Å². The Morgan fingerprint density at radius 3 is 2.89 bits per heavy atom. The highest BCUT2D eigenvalue weighted by Crippen LogP contribution is 2.33. The van der Waals surface area contributed by atoms with Gasteiger partial charge < -0.3 is 10.4 Å². The molecular weight excluding hydrogens is 240 g/mol. The first-order valence-corrected chi connectivity index (χ1v) is 6.03. The number of rotatable bonds is 2. The van der Waals surface area contributed by atoms with Gasteiger partial charge in [0.2, 0.25) is 0 Å². The molecule has 5 nitrogen and oxygen atoms in total. The molecule has 0 aliphatic heterocycles. The van der Waals surface area contributed by atoms with Crippen molar-refractivity contribution in [3.05, 3.63) is 53.5 Å². The Morgan fingerprint density at radius 2 is 2.05 bits per heavy atom. The van der Waals surface area contributed by atoms with Crippen molar-refractivity contribution in [2.24, 2.45) is 0 Å². The van der Waals surface area contributed by atoms with E-state index in [9.17, 15) is 5.11 Å². The minimum absolute atomic E-state index is 0.235. The zero-order chi connectivity index (χ0) is 13.2. The fourth-order valence-corrected chi connectivity index (χ4v) is 2.42. The molecule has 0 amide bonds. The van der Waals surface area contributed by atoms with Crippen molar-refractivity contribution in [3.8, 4) is 6.07 Å². The first kappa shape index (κ1) is 11.6. The van der Waals surface area contributed by atoms with Crippen LogP contribution >= 0.6 is 0 Å². The summed E-state index contributed by atoms with van der Waals surface area (Å²) in [4.78, 5) is 8.07. The van der Waals surface area contributed by atoms with Gasteiger partial charge in [0.25, 0.3) is 0 Å². The average Bonchev–Trinajstić information content (AvgIpc) is 2.76. The smallest absolute Gasteiger partial charge is 0.182 e. The van der Waals surface area contributed by atoms with Crippen LogP contribution in [0.25, 0.3) is 0 Å². The Kier molecular flexibility index (Phi) is 2.86. The van der Waals surface area contributed by atoms with Crippen molar-refractivity contribution < 1.29 is 5.11 Å². The number of hydrogen-bond acceptors (Lipinski definition) is 5. The maximum atomic E-state index is 10.1. The summed E-state index contributed by atoms with van der Waals surface area (Å²) in [6.45, 7) is 0. The number of nitrogens with zero attached hydrogens (tertiary/aromatic N) is 3. The number of aromatic nitrogens is 2. The van der Waals surface area contributed by atoms with Crippen LogP contribution in [0, 0.1) is 11.3 Å². The number of aliphatic hydroxyl groups excluding tert-OH is 1. The van der Waals surface area contributed by atoms with Gasteiger partial charge in [0.1, 0.15) is 6.07 Å². The lowest BCUT2D eigenvalue weighted by Crippen LogP contribution is -2.22. The van der Waals surface area contributed by atoms with Crippen molar-refractivity contribution in [1.82, 2.24) is 9.97 Å². The zero-order valence-corrected chi connectivity index (χ0v) is 10.1. The lowest BCUT2D eigenvalue weighted by atomic mass is 10.1. The van der Waals surface area contributed by atoms with Crippen LogP contribution in [0.3, 0.4) is 0 Å². The molecule has 3 rings (SSSR count). The highest BCUT2D eigenvalue weighted by molar-refractivity contribution is 5.51.